The van der Waals surface area contributed by atoms with Crippen LogP contribution in [-0.2, 0) is 11.2 Å². The van der Waals surface area contributed by atoms with E-state index in [1.807, 2.05) is 78.9 Å². The molecule has 4 aromatic carbocycles. The van der Waals surface area contributed by atoms with Crippen molar-refractivity contribution in [3.05, 3.63) is 114 Å². The zero-order chi connectivity index (χ0) is 20.1. The van der Waals surface area contributed by atoms with Crippen LogP contribution < -0.4 is 10.1 Å². The maximum Gasteiger partial charge on any atom is 0.225 e. The average molecular weight is 381 g/mol. The third-order valence-electron chi connectivity index (χ3n) is 5.12. The monoisotopic (exact) mass is 381 g/mol. The second kappa shape index (κ2) is 8.61. The number of carbonyl (C=O) groups is 1. The van der Waals surface area contributed by atoms with Crippen LogP contribution in [0.2, 0.25) is 0 Å². The van der Waals surface area contributed by atoms with Crippen molar-refractivity contribution in [3.8, 4) is 5.75 Å². The van der Waals surface area contributed by atoms with Gasteiger partial charge in [0, 0.05) is 0 Å². The molecule has 1 amide bonds. The molecule has 0 saturated carbocycles. The summed E-state index contributed by atoms with van der Waals surface area (Å²) in [5.74, 6) is 0.786. The van der Waals surface area contributed by atoms with E-state index in [0.29, 0.717) is 6.42 Å². The molecule has 1 unspecified atom stereocenters. The lowest BCUT2D eigenvalue weighted by atomic mass is 9.97. The Morgan fingerprint density at radius 2 is 1.45 bits per heavy atom. The highest BCUT2D eigenvalue weighted by Gasteiger charge is 2.17. The molecule has 0 heterocycles. The van der Waals surface area contributed by atoms with E-state index in [4.69, 9.17) is 4.74 Å². The lowest BCUT2D eigenvalue weighted by Crippen LogP contribution is -2.30. The van der Waals surface area contributed by atoms with Crippen LogP contribution >= 0.6 is 0 Å². The van der Waals surface area contributed by atoms with Gasteiger partial charge in [-0.3, -0.25) is 4.79 Å². The van der Waals surface area contributed by atoms with Gasteiger partial charge in [0.15, 0.2) is 0 Å². The lowest BCUT2D eigenvalue weighted by Gasteiger charge is -2.20. The molecular weight excluding hydrogens is 358 g/mol. The molecule has 4 rings (SSSR count). The first kappa shape index (κ1) is 18.8. The van der Waals surface area contributed by atoms with E-state index in [9.17, 15) is 4.79 Å². The summed E-state index contributed by atoms with van der Waals surface area (Å²) in [5, 5.41) is 5.48. The maximum absolute atomic E-state index is 13.0. The molecule has 3 nitrogen and oxygen atoms in total. The fourth-order valence-corrected chi connectivity index (χ4v) is 3.63. The third kappa shape index (κ3) is 4.30. The van der Waals surface area contributed by atoms with Gasteiger partial charge in [0.25, 0.3) is 0 Å². The number of ether oxygens (including phenoxy) is 1. The quantitative estimate of drug-likeness (QED) is 0.492. The zero-order valence-electron chi connectivity index (χ0n) is 16.3. The summed E-state index contributed by atoms with van der Waals surface area (Å²) in [6.07, 6.45) is 0.334. The fourth-order valence-electron chi connectivity index (χ4n) is 3.63. The number of benzene rings is 4. The molecule has 3 heteroatoms. The molecule has 0 aromatic heterocycles. The Morgan fingerprint density at radius 3 is 2.21 bits per heavy atom. The SMILES string of the molecule is COc1ccc(C(NC(=O)Cc2cccc3ccccc23)c2ccccc2)cc1. The first-order chi connectivity index (χ1) is 14.2. The number of carbonyl (C=O) groups excluding carboxylic acids is 1. The van der Waals surface area contributed by atoms with E-state index in [2.05, 4.69) is 23.5 Å². The largest absolute Gasteiger partial charge is 0.497 e. The molecule has 0 spiro atoms. The molecule has 0 aliphatic heterocycles. The van der Waals surface area contributed by atoms with Crippen LogP contribution in [0.25, 0.3) is 10.8 Å². The standard InChI is InChI=1S/C26H23NO2/c1-29-23-16-14-21(15-17-23)26(20-9-3-2-4-10-20)27-25(28)18-22-12-7-11-19-8-5-6-13-24(19)22/h2-17,26H,18H2,1H3,(H,27,28). The van der Waals surface area contributed by atoms with Crippen LogP contribution in [0.4, 0.5) is 0 Å². The van der Waals surface area contributed by atoms with Gasteiger partial charge in [0.1, 0.15) is 5.75 Å². The van der Waals surface area contributed by atoms with E-state index in [-0.39, 0.29) is 11.9 Å². The molecular formula is C26H23NO2. The summed E-state index contributed by atoms with van der Waals surface area (Å²) in [6.45, 7) is 0. The van der Waals surface area contributed by atoms with E-state index >= 15 is 0 Å². The number of hydrogen-bond donors (Lipinski definition) is 1. The molecule has 0 fully saturated rings. The Bertz CT molecular complexity index is 1100. The molecule has 4 aromatic rings. The minimum Gasteiger partial charge on any atom is -0.497 e. The highest BCUT2D eigenvalue weighted by molar-refractivity contribution is 5.90. The number of fused-ring (bicyclic) bond motifs is 1. The van der Waals surface area contributed by atoms with E-state index in [0.717, 1.165) is 33.2 Å². The lowest BCUT2D eigenvalue weighted by molar-refractivity contribution is -0.120. The average Bonchev–Trinajstić information content (AvgIpc) is 2.78. The zero-order valence-corrected chi connectivity index (χ0v) is 16.3. The molecule has 0 radical (unpaired) electrons. The predicted molar refractivity (Wildman–Crippen MR) is 117 cm³/mol. The van der Waals surface area contributed by atoms with Crippen LogP contribution in [0.15, 0.2) is 97.1 Å². The highest BCUT2D eigenvalue weighted by atomic mass is 16.5. The first-order valence-electron chi connectivity index (χ1n) is 9.69. The van der Waals surface area contributed by atoms with E-state index < -0.39 is 0 Å². The van der Waals surface area contributed by atoms with Gasteiger partial charge in [-0.1, -0.05) is 84.9 Å². The minimum atomic E-state index is -0.218. The summed E-state index contributed by atoms with van der Waals surface area (Å²) in [7, 11) is 1.65. The van der Waals surface area contributed by atoms with Crippen LogP contribution in [0, 0.1) is 0 Å². The number of rotatable bonds is 6. The second-order valence-corrected chi connectivity index (χ2v) is 7.00. The Kier molecular flexibility index (Phi) is 5.57. The van der Waals surface area contributed by atoms with Crippen LogP contribution in [0.5, 0.6) is 5.75 Å². The number of nitrogens with one attached hydrogen (secondary N) is 1. The molecule has 0 aliphatic rings. The first-order valence-corrected chi connectivity index (χ1v) is 9.69. The normalized spacial score (nSPS) is 11.8. The molecule has 0 saturated heterocycles. The van der Waals surface area contributed by atoms with Gasteiger partial charge in [-0.05, 0) is 39.6 Å². The van der Waals surface area contributed by atoms with Crippen LogP contribution in [0.3, 0.4) is 0 Å². The molecule has 1 atom stereocenters. The van der Waals surface area contributed by atoms with Gasteiger partial charge in [0.05, 0.1) is 19.6 Å². The molecule has 144 valence electrons. The number of methoxy groups -OCH3 is 1. The van der Waals surface area contributed by atoms with Gasteiger partial charge in [-0.25, -0.2) is 0 Å². The fraction of sp³-hybridized carbons (Fsp3) is 0.115. The van der Waals surface area contributed by atoms with Crippen molar-refractivity contribution >= 4 is 16.7 Å². The van der Waals surface area contributed by atoms with Crippen molar-refractivity contribution in [2.75, 3.05) is 7.11 Å². The Balaban J connectivity index is 1.60. The smallest absolute Gasteiger partial charge is 0.225 e. The van der Waals surface area contributed by atoms with Crippen LogP contribution in [-0.4, -0.2) is 13.0 Å². The Hall–Kier alpha value is -3.59. The van der Waals surface area contributed by atoms with Gasteiger partial charge in [0.2, 0.25) is 5.91 Å². The number of hydrogen-bond acceptors (Lipinski definition) is 2. The summed E-state index contributed by atoms with van der Waals surface area (Å²) in [4.78, 5) is 13.0. The molecule has 29 heavy (non-hydrogen) atoms. The predicted octanol–water partition coefficient (Wildman–Crippen LogP) is 5.30. The number of amides is 1. The van der Waals surface area contributed by atoms with Crippen molar-refractivity contribution in [1.82, 2.24) is 5.32 Å². The second-order valence-electron chi connectivity index (χ2n) is 7.00. The summed E-state index contributed by atoms with van der Waals surface area (Å²) >= 11 is 0. The highest BCUT2D eigenvalue weighted by Crippen LogP contribution is 2.25. The van der Waals surface area contributed by atoms with E-state index in [1.165, 1.54) is 0 Å². The van der Waals surface area contributed by atoms with Gasteiger partial charge in [-0.15, -0.1) is 0 Å². The molecule has 0 aliphatic carbocycles. The van der Waals surface area contributed by atoms with Crippen LogP contribution in [0.1, 0.15) is 22.7 Å². The van der Waals surface area contributed by atoms with Crippen molar-refractivity contribution in [2.24, 2.45) is 0 Å². The van der Waals surface area contributed by atoms with Crippen molar-refractivity contribution in [3.63, 3.8) is 0 Å². The maximum atomic E-state index is 13.0. The molecule has 1 N–H and O–H groups in total. The Labute approximate surface area is 171 Å². The van der Waals surface area contributed by atoms with Crippen molar-refractivity contribution in [1.29, 1.82) is 0 Å². The summed E-state index contributed by atoms with van der Waals surface area (Å²) < 4.78 is 5.27. The van der Waals surface area contributed by atoms with E-state index in [1.54, 1.807) is 7.11 Å². The Morgan fingerprint density at radius 1 is 0.793 bits per heavy atom. The van der Waals surface area contributed by atoms with Crippen molar-refractivity contribution < 1.29 is 9.53 Å². The van der Waals surface area contributed by atoms with Gasteiger partial charge in [-0.2, -0.15) is 0 Å². The van der Waals surface area contributed by atoms with Gasteiger partial charge < -0.3 is 10.1 Å². The van der Waals surface area contributed by atoms with Gasteiger partial charge >= 0.3 is 0 Å². The summed E-state index contributed by atoms with van der Waals surface area (Å²) in [6, 6.07) is 31.9. The minimum absolute atomic E-state index is 0.00831. The summed E-state index contributed by atoms with van der Waals surface area (Å²) in [5.41, 5.74) is 3.09. The van der Waals surface area contributed by atoms with Crippen molar-refractivity contribution in [2.45, 2.75) is 12.5 Å². The topological polar surface area (TPSA) is 38.3 Å². The third-order valence-corrected chi connectivity index (χ3v) is 5.12. The molecule has 0 bridgehead atoms.